The van der Waals surface area contributed by atoms with Crippen LogP contribution in [0.2, 0.25) is 0 Å². The van der Waals surface area contributed by atoms with Crippen molar-refractivity contribution in [1.29, 1.82) is 0 Å². The van der Waals surface area contributed by atoms with Gasteiger partial charge in [-0.2, -0.15) is 0 Å². The second-order valence-electron chi connectivity index (χ2n) is 3.25. The molecule has 0 spiro atoms. The molecule has 18 heavy (non-hydrogen) atoms. The molecule has 0 fully saturated rings. The summed E-state index contributed by atoms with van der Waals surface area (Å²) in [6.07, 6.45) is 0. The summed E-state index contributed by atoms with van der Waals surface area (Å²) in [5.74, 6) is -3.65. The van der Waals surface area contributed by atoms with Crippen molar-refractivity contribution in [3.8, 4) is 0 Å². The van der Waals surface area contributed by atoms with E-state index in [1.807, 2.05) is 0 Å². The van der Waals surface area contributed by atoms with Crippen molar-refractivity contribution in [1.82, 2.24) is 0 Å². The Balaban J connectivity index is 0.000000411. The summed E-state index contributed by atoms with van der Waals surface area (Å²) >= 11 is 0. The van der Waals surface area contributed by atoms with Crippen molar-refractivity contribution in [3.63, 3.8) is 0 Å². The van der Waals surface area contributed by atoms with Crippen LogP contribution < -0.4 is 10.6 Å². The maximum atomic E-state index is 9.10. The van der Waals surface area contributed by atoms with E-state index in [2.05, 4.69) is 48.7 Å². The molecule has 0 unspecified atom stereocenters. The minimum atomic E-state index is -1.82. The van der Waals surface area contributed by atoms with Crippen LogP contribution >= 0.6 is 0 Å². The van der Waals surface area contributed by atoms with E-state index in [1.54, 1.807) is 0 Å². The minimum Gasteiger partial charge on any atom is -0.473 e. The number of anilines is 2. The Bertz CT molecular complexity index is 339. The normalized spacial score (nSPS) is 8.78. The first-order chi connectivity index (χ1) is 8.51. The molecule has 0 saturated heterocycles. The molecule has 100 valence electrons. The van der Waals surface area contributed by atoms with Crippen molar-refractivity contribution in [2.75, 3.05) is 23.7 Å². The van der Waals surface area contributed by atoms with E-state index < -0.39 is 11.9 Å². The Morgan fingerprint density at radius 2 is 1.17 bits per heavy atom. The number of hydrogen-bond acceptors (Lipinski definition) is 4. The fourth-order valence-electron chi connectivity index (χ4n) is 1.11. The zero-order valence-corrected chi connectivity index (χ0v) is 10.4. The number of nitrogens with one attached hydrogen (secondary N) is 2. The maximum Gasteiger partial charge on any atom is 0.414 e. The van der Waals surface area contributed by atoms with E-state index in [1.165, 1.54) is 11.4 Å². The van der Waals surface area contributed by atoms with Crippen molar-refractivity contribution < 1.29 is 19.8 Å². The number of carbonyl (C=O) groups is 2. The quantitative estimate of drug-likeness (QED) is 0.610. The van der Waals surface area contributed by atoms with E-state index in [4.69, 9.17) is 19.8 Å². The maximum absolute atomic E-state index is 9.10. The average molecular weight is 254 g/mol. The SMILES string of the molecule is CCNc1ccc(NCC)cc1.O=C(O)C(=O)O. The van der Waals surface area contributed by atoms with Gasteiger partial charge in [0.15, 0.2) is 0 Å². The van der Waals surface area contributed by atoms with E-state index in [0.29, 0.717) is 0 Å². The van der Waals surface area contributed by atoms with Crippen LogP contribution in [0.4, 0.5) is 11.4 Å². The molecule has 0 heterocycles. The number of rotatable bonds is 4. The lowest BCUT2D eigenvalue weighted by Crippen LogP contribution is -2.09. The monoisotopic (exact) mass is 254 g/mol. The number of carboxylic acids is 2. The molecule has 1 rings (SSSR count). The Hall–Kier alpha value is -2.24. The third-order valence-corrected chi connectivity index (χ3v) is 1.83. The van der Waals surface area contributed by atoms with Crippen LogP contribution in [-0.4, -0.2) is 35.2 Å². The lowest BCUT2D eigenvalue weighted by atomic mass is 10.3. The molecule has 6 heteroatoms. The lowest BCUT2D eigenvalue weighted by Gasteiger charge is -2.05. The Morgan fingerprint density at radius 1 is 0.889 bits per heavy atom. The molecule has 0 atom stereocenters. The van der Waals surface area contributed by atoms with E-state index in [0.717, 1.165) is 13.1 Å². The van der Waals surface area contributed by atoms with Gasteiger partial charge < -0.3 is 20.8 Å². The molecule has 0 aliphatic heterocycles. The fourth-order valence-corrected chi connectivity index (χ4v) is 1.11. The van der Waals surface area contributed by atoms with Crippen LogP contribution in [-0.2, 0) is 9.59 Å². The standard InChI is InChI=1S/C10H16N2.C2H2O4/c1-3-11-9-5-7-10(8-6-9)12-4-2;3-1(4)2(5)6/h5-8,11-12H,3-4H2,1-2H3;(H,3,4)(H,5,6). The molecule has 0 aromatic heterocycles. The Morgan fingerprint density at radius 3 is 1.33 bits per heavy atom. The van der Waals surface area contributed by atoms with Gasteiger partial charge in [0.05, 0.1) is 0 Å². The highest BCUT2D eigenvalue weighted by molar-refractivity contribution is 6.27. The minimum absolute atomic E-state index is 0.973. The summed E-state index contributed by atoms with van der Waals surface area (Å²) in [5, 5.41) is 21.3. The molecule has 0 aliphatic rings. The highest BCUT2D eigenvalue weighted by atomic mass is 16.4. The van der Waals surface area contributed by atoms with Crippen molar-refractivity contribution >= 4 is 23.3 Å². The fraction of sp³-hybridized carbons (Fsp3) is 0.333. The summed E-state index contributed by atoms with van der Waals surface area (Å²) in [6.45, 7) is 6.14. The summed E-state index contributed by atoms with van der Waals surface area (Å²) in [6, 6.07) is 8.34. The van der Waals surface area contributed by atoms with Crippen LogP contribution in [0.5, 0.6) is 0 Å². The van der Waals surface area contributed by atoms with Gasteiger partial charge in [-0.25, -0.2) is 9.59 Å². The topological polar surface area (TPSA) is 98.7 Å². The summed E-state index contributed by atoms with van der Waals surface area (Å²) in [5.41, 5.74) is 2.36. The Labute approximate surface area is 106 Å². The third-order valence-electron chi connectivity index (χ3n) is 1.83. The summed E-state index contributed by atoms with van der Waals surface area (Å²) < 4.78 is 0. The van der Waals surface area contributed by atoms with Crippen LogP contribution in [0.3, 0.4) is 0 Å². The van der Waals surface area contributed by atoms with Gasteiger partial charge in [-0.3, -0.25) is 0 Å². The predicted molar refractivity (Wildman–Crippen MR) is 70.0 cm³/mol. The van der Waals surface area contributed by atoms with Crippen molar-refractivity contribution in [2.45, 2.75) is 13.8 Å². The smallest absolute Gasteiger partial charge is 0.414 e. The molecular formula is C12H18N2O4. The van der Waals surface area contributed by atoms with Gasteiger partial charge in [-0.1, -0.05) is 0 Å². The lowest BCUT2D eigenvalue weighted by molar-refractivity contribution is -0.159. The number of hydrogen-bond donors (Lipinski definition) is 4. The zero-order valence-electron chi connectivity index (χ0n) is 10.4. The predicted octanol–water partition coefficient (Wildman–Crippen LogP) is 1.71. The Kier molecular flexibility index (Phi) is 7.76. The summed E-state index contributed by atoms with van der Waals surface area (Å²) in [7, 11) is 0. The van der Waals surface area contributed by atoms with Crippen LogP contribution in [0.25, 0.3) is 0 Å². The second-order valence-corrected chi connectivity index (χ2v) is 3.25. The number of carboxylic acid groups (broad SMARTS) is 2. The summed E-state index contributed by atoms with van der Waals surface area (Å²) in [4.78, 5) is 18.2. The van der Waals surface area contributed by atoms with E-state index >= 15 is 0 Å². The second kappa shape index (κ2) is 8.86. The van der Waals surface area contributed by atoms with Crippen LogP contribution in [0, 0.1) is 0 Å². The molecule has 0 saturated carbocycles. The molecule has 1 aromatic carbocycles. The molecule has 0 amide bonds. The highest BCUT2D eigenvalue weighted by Gasteiger charge is 2.04. The van der Waals surface area contributed by atoms with Crippen LogP contribution in [0.1, 0.15) is 13.8 Å². The van der Waals surface area contributed by atoms with Crippen LogP contribution in [0.15, 0.2) is 24.3 Å². The first-order valence-corrected chi connectivity index (χ1v) is 5.55. The van der Waals surface area contributed by atoms with Gasteiger partial charge in [-0.05, 0) is 38.1 Å². The van der Waals surface area contributed by atoms with Gasteiger partial charge in [0.25, 0.3) is 0 Å². The molecule has 6 nitrogen and oxygen atoms in total. The molecule has 0 bridgehead atoms. The largest absolute Gasteiger partial charge is 0.473 e. The van der Waals surface area contributed by atoms with Crippen molar-refractivity contribution in [2.24, 2.45) is 0 Å². The first-order valence-electron chi connectivity index (χ1n) is 5.55. The third kappa shape index (κ3) is 7.10. The molecule has 4 N–H and O–H groups in total. The van der Waals surface area contributed by atoms with Crippen molar-refractivity contribution in [3.05, 3.63) is 24.3 Å². The number of aliphatic carboxylic acids is 2. The zero-order chi connectivity index (χ0) is 14.0. The van der Waals surface area contributed by atoms with Gasteiger partial charge in [0, 0.05) is 24.5 Å². The van der Waals surface area contributed by atoms with Gasteiger partial charge in [0.2, 0.25) is 0 Å². The van der Waals surface area contributed by atoms with Gasteiger partial charge in [0.1, 0.15) is 0 Å². The molecule has 0 radical (unpaired) electrons. The first kappa shape index (κ1) is 15.8. The number of benzene rings is 1. The molecular weight excluding hydrogens is 236 g/mol. The van der Waals surface area contributed by atoms with Gasteiger partial charge >= 0.3 is 11.9 Å². The average Bonchev–Trinajstić information content (AvgIpc) is 2.33. The van der Waals surface area contributed by atoms with E-state index in [-0.39, 0.29) is 0 Å². The molecule has 1 aromatic rings. The molecule has 0 aliphatic carbocycles. The highest BCUT2D eigenvalue weighted by Crippen LogP contribution is 2.12. The van der Waals surface area contributed by atoms with Gasteiger partial charge in [-0.15, -0.1) is 0 Å². The van der Waals surface area contributed by atoms with E-state index in [9.17, 15) is 0 Å².